The van der Waals surface area contributed by atoms with E-state index in [9.17, 15) is 5.26 Å². The van der Waals surface area contributed by atoms with Crippen molar-refractivity contribution in [3.05, 3.63) is 199 Å². The molecule has 0 saturated heterocycles. The van der Waals surface area contributed by atoms with Crippen LogP contribution in [-0.4, -0.2) is 0 Å². The van der Waals surface area contributed by atoms with Gasteiger partial charge in [0.05, 0.1) is 18.2 Å². The van der Waals surface area contributed by atoms with Gasteiger partial charge in [0.25, 0.3) is 0 Å². The molecular weight excluding hydrogens is 829 g/mol. The van der Waals surface area contributed by atoms with Crippen LogP contribution in [0.1, 0.15) is 5.56 Å². The second-order valence-corrected chi connectivity index (χ2v) is 18.4. The van der Waals surface area contributed by atoms with Gasteiger partial charge >= 0.3 is 0 Å². The van der Waals surface area contributed by atoms with Gasteiger partial charge in [-0.05, 0) is 170 Å². The molecule has 12 aromatic carbocycles. The number of para-hydroxylation sites is 2. The summed E-state index contributed by atoms with van der Waals surface area (Å²) in [6.45, 7) is 7.75. The number of hydrogen-bond donors (Lipinski definition) is 0. The maximum Gasteiger partial charge on any atom is 0.190 e. The monoisotopic (exact) mass is 858 g/mol. The Labute approximate surface area is 387 Å². The third-order valence-electron chi connectivity index (χ3n) is 15.1. The van der Waals surface area contributed by atoms with Crippen molar-refractivity contribution in [2.24, 2.45) is 0 Å². The van der Waals surface area contributed by atoms with Crippen molar-refractivity contribution in [2.45, 2.75) is 0 Å². The van der Waals surface area contributed by atoms with E-state index in [0.29, 0.717) is 22.4 Å². The fourth-order valence-corrected chi connectivity index (χ4v) is 12.2. The predicted molar refractivity (Wildman–Crippen MR) is 279 cm³/mol. The van der Waals surface area contributed by atoms with Crippen LogP contribution in [0.5, 0.6) is 0 Å². The summed E-state index contributed by atoms with van der Waals surface area (Å²) in [5.74, 6) is 0. The van der Waals surface area contributed by atoms with Gasteiger partial charge in [0.15, 0.2) is 5.69 Å². The summed E-state index contributed by atoms with van der Waals surface area (Å²) in [4.78, 5) is 3.73. The molecule has 0 saturated carbocycles. The zero-order valence-electron chi connectivity index (χ0n) is 36.0. The highest BCUT2D eigenvalue weighted by molar-refractivity contribution is 6.30. The molecule has 0 fully saturated rings. The van der Waals surface area contributed by atoms with Gasteiger partial charge in [0.2, 0.25) is 0 Å². The SMILES string of the molecule is [C-]#[N+]c1ccc2c(c1)oc1c(-c3cc4c5cc6c(cc5c(-c5cccc7c5oc5cc(C#N)ccc57)cc4c4cc5c(cc34)-c3cccc4cccc-5c34)-c3cccc4cccc-6c34)cccc12. The van der Waals surface area contributed by atoms with Gasteiger partial charge in [0.1, 0.15) is 22.3 Å². The molecule has 2 aliphatic carbocycles. The van der Waals surface area contributed by atoms with Gasteiger partial charge in [0, 0.05) is 32.7 Å². The van der Waals surface area contributed by atoms with E-state index in [-0.39, 0.29) is 0 Å². The molecule has 0 radical (unpaired) electrons. The van der Waals surface area contributed by atoms with Crippen LogP contribution in [-0.2, 0) is 0 Å². The average Bonchev–Trinajstić information content (AvgIpc) is 4.14. The molecule has 4 nitrogen and oxygen atoms in total. The Hall–Kier alpha value is -9.48. The minimum Gasteiger partial charge on any atom is -0.457 e. The lowest BCUT2D eigenvalue weighted by molar-refractivity contribution is 0.669. The summed E-state index contributed by atoms with van der Waals surface area (Å²) in [7, 11) is 0. The van der Waals surface area contributed by atoms with Crippen LogP contribution in [0.3, 0.4) is 0 Å². The Morgan fingerprint density at radius 1 is 0.338 bits per heavy atom. The Kier molecular flexibility index (Phi) is 6.66. The van der Waals surface area contributed by atoms with Crippen LogP contribution >= 0.6 is 0 Å². The van der Waals surface area contributed by atoms with Crippen molar-refractivity contribution in [2.75, 3.05) is 0 Å². The minimum atomic E-state index is 0.552. The highest BCUT2D eigenvalue weighted by Crippen LogP contribution is 2.55. The first-order chi connectivity index (χ1) is 33.6. The number of nitriles is 1. The van der Waals surface area contributed by atoms with Crippen molar-refractivity contribution < 1.29 is 8.83 Å². The third-order valence-corrected chi connectivity index (χ3v) is 15.1. The quantitative estimate of drug-likeness (QED) is 0.129. The third kappa shape index (κ3) is 4.51. The number of benzene rings is 12. The van der Waals surface area contributed by atoms with Crippen LogP contribution in [0, 0.1) is 17.9 Å². The molecule has 14 aromatic rings. The Morgan fingerprint density at radius 2 is 0.735 bits per heavy atom. The Morgan fingerprint density at radius 3 is 1.21 bits per heavy atom. The normalized spacial score (nSPS) is 12.4. The van der Waals surface area contributed by atoms with E-state index in [0.717, 1.165) is 87.3 Å². The van der Waals surface area contributed by atoms with Crippen LogP contribution in [0.4, 0.5) is 5.69 Å². The van der Waals surface area contributed by atoms with E-state index in [1.807, 2.05) is 36.4 Å². The summed E-state index contributed by atoms with van der Waals surface area (Å²) in [5, 5.41) is 25.7. The number of fused-ring (bicyclic) bond motifs is 17. The Balaban J connectivity index is 1.10. The minimum absolute atomic E-state index is 0.552. The van der Waals surface area contributed by atoms with Gasteiger partial charge in [-0.15, -0.1) is 0 Å². The topological polar surface area (TPSA) is 54.4 Å². The molecule has 0 N–H and O–H groups in total. The molecule has 2 heterocycles. The zero-order chi connectivity index (χ0) is 44.5. The number of hydrogen-bond acceptors (Lipinski definition) is 3. The molecule has 4 heteroatoms. The van der Waals surface area contributed by atoms with Gasteiger partial charge in [-0.25, -0.2) is 4.85 Å². The zero-order valence-corrected chi connectivity index (χ0v) is 36.0. The lowest BCUT2D eigenvalue weighted by atomic mass is 9.84. The highest BCUT2D eigenvalue weighted by atomic mass is 16.3. The van der Waals surface area contributed by atoms with Gasteiger partial charge in [-0.1, -0.05) is 121 Å². The van der Waals surface area contributed by atoms with E-state index < -0.39 is 0 Å². The van der Waals surface area contributed by atoms with Crippen molar-refractivity contribution in [3.63, 3.8) is 0 Å². The molecule has 2 aliphatic rings. The van der Waals surface area contributed by atoms with E-state index in [1.54, 1.807) is 0 Å². The van der Waals surface area contributed by atoms with Crippen LogP contribution in [0.2, 0.25) is 0 Å². The van der Waals surface area contributed by atoms with Crippen LogP contribution in [0.15, 0.2) is 191 Å². The fraction of sp³-hybridized carbons (Fsp3) is 0. The van der Waals surface area contributed by atoms with Crippen molar-refractivity contribution in [1.29, 1.82) is 5.26 Å². The van der Waals surface area contributed by atoms with E-state index >= 15 is 0 Å². The predicted octanol–water partition coefficient (Wildman–Crippen LogP) is 18.3. The molecule has 0 amide bonds. The number of furan rings is 2. The van der Waals surface area contributed by atoms with E-state index in [4.69, 9.17) is 15.4 Å². The molecule has 0 unspecified atom stereocenters. The summed E-state index contributed by atoms with van der Waals surface area (Å²) in [5.41, 5.74) is 18.2. The molecule has 0 bridgehead atoms. The molecule has 68 heavy (non-hydrogen) atoms. The molecule has 16 rings (SSSR count). The smallest absolute Gasteiger partial charge is 0.190 e. The molecule has 0 spiro atoms. The first-order valence-electron chi connectivity index (χ1n) is 22.9. The summed E-state index contributed by atoms with van der Waals surface area (Å²) in [6.07, 6.45) is 0. The number of rotatable bonds is 2. The van der Waals surface area contributed by atoms with Crippen LogP contribution < -0.4 is 0 Å². The van der Waals surface area contributed by atoms with Gasteiger partial charge in [-0.3, -0.25) is 0 Å². The Bertz CT molecular complexity index is 4500. The average molecular weight is 859 g/mol. The van der Waals surface area contributed by atoms with Gasteiger partial charge < -0.3 is 8.83 Å². The molecule has 2 aromatic heterocycles. The molecule has 308 valence electrons. The maximum absolute atomic E-state index is 9.85. The van der Waals surface area contributed by atoms with Crippen molar-refractivity contribution in [1.82, 2.24) is 0 Å². The fourth-order valence-electron chi connectivity index (χ4n) is 12.2. The molecule has 0 atom stereocenters. The van der Waals surface area contributed by atoms with Gasteiger partial charge in [-0.2, -0.15) is 5.26 Å². The van der Waals surface area contributed by atoms with Crippen molar-refractivity contribution in [3.8, 4) is 72.8 Å². The number of nitrogens with zero attached hydrogens (tertiary/aromatic N) is 2. The lowest BCUT2D eigenvalue weighted by Crippen LogP contribution is -1.92. The van der Waals surface area contributed by atoms with Crippen molar-refractivity contribution >= 4 is 103 Å². The first kappa shape index (κ1) is 35.8. The second kappa shape index (κ2) is 12.7. The molecular formula is C64H30N2O2. The largest absolute Gasteiger partial charge is 0.457 e. The standard InChI is InChI=1S/C64H30N2O2/c1-66-36-21-23-38-44-17-7-19-46(64(44)68-60(38)25-36)52-31-58-55-28-49-41-14-4-10-34-8-2-12-39(61(34)41)47(49)26-53(55)51(45-18-6-16-43-37-22-20-33(32-65)24-59(37)67-63(43)45)30-57(58)56-29-50-42-15-5-11-35-9-3-13-40(62(35)42)48(50)27-54(52)56/h2-31H. The highest BCUT2D eigenvalue weighted by Gasteiger charge is 2.28. The molecule has 0 aliphatic heterocycles. The van der Waals surface area contributed by atoms with E-state index in [2.05, 4.69) is 157 Å². The summed E-state index contributed by atoms with van der Waals surface area (Å²) >= 11 is 0. The van der Waals surface area contributed by atoms with Crippen LogP contribution in [0.25, 0.3) is 169 Å². The maximum atomic E-state index is 9.85. The second-order valence-electron chi connectivity index (χ2n) is 18.4. The lowest BCUT2D eigenvalue weighted by Gasteiger charge is -2.19. The first-order valence-corrected chi connectivity index (χ1v) is 22.9. The van der Waals surface area contributed by atoms with E-state index in [1.165, 1.54) is 66.1 Å². The summed E-state index contributed by atoms with van der Waals surface area (Å²) < 4.78 is 13.7. The summed E-state index contributed by atoms with van der Waals surface area (Å²) in [6, 6.07) is 67.8.